The van der Waals surface area contributed by atoms with Gasteiger partial charge in [0.25, 0.3) is 0 Å². The summed E-state index contributed by atoms with van der Waals surface area (Å²) >= 11 is 7.22. The maximum absolute atomic E-state index is 12.5. The van der Waals surface area contributed by atoms with Crippen LogP contribution in [-0.4, -0.2) is 19.9 Å². The zero-order valence-corrected chi connectivity index (χ0v) is 17.5. The van der Waals surface area contributed by atoms with Crippen molar-refractivity contribution in [3.63, 3.8) is 0 Å². The van der Waals surface area contributed by atoms with Gasteiger partial charge in [0.2, 0.25) is 15.7 Å². The lowest BCUT2D eigenvalue weighted by molar-refractivity contribution is -0.660. The number of hydrogen-bond acceptors (Lipinski definition) is 8. The molecule has 156 valence electrons. The quantitative estimate of drug-likeness (QED) is 0.292. The van der Waals surface area contributed by atoms with Crippen LogP contribution < -0.4 is 15.4 Å². The Morgan fingerprint density at radius 3 is 2.78 bits per heavy atom. The van der Waals surface area contributed by atoms with Crippen molar-refractivity contribution in [1.82, 2.24) is 19.9 Å². The Hall–Kier alpha value is -4.02. The normalized spacial score (nSPS) is 11.5. The Morgan fingerprint density at radius 2 is 1.97 bits per heavy atom. The van der Waals surface area contributed by atoms with Crippen molar-refractivity contribution >= 4 is 38.9 Å². The van der Waals surface area contributed by atoms with E-state index in [0.717, 1.165) is 0 Å². The number of hydrogen-bond donors (Lipinski definition) is 0. The van der Waals surface area contributed by atoms with E-state index in [1.54, 1.807) is 42.6 Å². The molecular formula is C21H10ClN5O4S. The zero-order valence-electron chi connectivity index (χ0n) is 15.9. The molecule has 0 saturated heterocycles. The van der Waals surface area contributed by atoms with Gasteiger partial charge in [-0.25, -0.2) is 14.3 Å². The standard InChI is InChI=1S/C21H10ClN5O4S/c22-12-6-7-16-11(8-12)9-14(19(28)30-16)15-10-26-21(23-15)32-18(24-26)17-20(29)31-25-27(17)13-4-2-1-3-5-13/h1-10H. The van der Waals surface area contributed by atoms with E-state index in [9.17, 15) is 9.90 Å². The molecule has 4 heterocycles. The first-order valence-electron chi connectivity index (χ1n) is 9.32. The van der Waals surface area contributed by atoms with E-state index in [1.165, 1.54) is 20.5 Å². The van der Waals surface area contributed by atoms with Gasteiger partial charge >= 0.3 is 11.3 Å². The molecule has 0 spiro atoms. The Kier molecular flexibility index (Phi) is 4.10. The van der Waals surface area contributed by atoms with Gasteiger partial charge in [-0.05, 0) is 28.9 Å². The maximum Gasteiger partial charge on any atom is 0.345 e. The molecule has 6 aromatic rings. The molecule has 11 heteroatoms. The van der Waals surface area contributed by atoms with E-state index in [4.69, 9.17) is 20.5 Å². The lowest BCUT2D eigenvalue weighted by atomic mass is 10.1. The van der Waals surface area contributed by atoms with Gasteiger partial charge in [-0.3, -0.25) is 0 Å². The monoisotopic (exact) mass is 463 g/mol. The highest BCUT2D eigenvalue weighted by Crippen LogP contribution is 2.30. The van der Waals surface area contributed by atoms with Gasteiger partial charge in [-0.1, -0.05) is 41.1 Å². The molecule has 0 radical (unpaired) electrons. The summed E-state index contributed by atoms with van der Waals surface area (Å²) in [6.07, 6.45) is 1.60. The number of rotatable bonds is 3. The van der Waals surface area contributed by atoms with Crippen molar-refractivity contribution in [2.45, 2.75) is 0 Å². The predicted molar refractivity (Wildman–Crippen MR) is 114 cm³/mol. The molecule has 0 unspecified atom stereocenters. The molecule has 6 rings (SSSR count). The molecule has 0 N–H and O–H groups in total. The molecule has 0 saturated carbocycles. The first kappa shape index (κ1) is 18.7. The van der Waals surface area contributed by atoms with Crippen molar-refractivity contribution in [3.8, 4) is 33.6 Å². The van der Waals surface area contributed by atoms with Crippen LogP contribution >= 0.6 is 22.9 Å². The molecule has 0 amide bonds. The second-order valence-electron chi connectivity index (χ2n) is 6.85. The van der Waals surface area contributed by atoms with Crippen molar-refractivity contribution in [2.75, 3.05) is 0 Å². The van der Waals surface area contributed by atoms with Crippen LogP contribution in [0.25, 0.3) is 43.6 Å². The third-order valence-corrected chi connectivity index (χ3v) is 5.99. The first-order valence-corrected chi connectivity index (χ1v) is 10.5. The van der Waals surface area contributed by atoms with Gasteiger partial charge < -0.3 is 14.0 Å². The van der Waals surface area contributed by atoms with E-state index in [2.05, 4.69) is 15.4 Å². The van der Waals surface area contributed by atoms with E-state index in [1.807, 2.05) is 18.2 Å². The summed E-state index contributed by atoms with van der Waals surface area (Å²) in [7, 11) is 0. The molecule has 0 atom stereocenters. The third kappa shape index (κ3) is 2.96. The lowest BCUT2D eigenvalue weighted by Crippen LogP contribution is -2.34. The average molecular weight is 464 g/mol. The summed E-state index contributed by atoms with van der Waals surface area (Å²) in [6, 6.07) is 15.8. The van der Waals surface area contributed by atoms with Crippen LogP contribution in [0.15, 0.2) is 74.5 Å². The van der Waals surface area contributed by atoms with Crippen molar-refractivity contribution in [3.05, 3.63) is 76.2 Å². The van der Waals surface area contributed by atoms with Crippen LogP contribution in [0.4, 0.5) is 0 Å². The second-order valence-corrected chi connectivity index (χ2v) is 8.24. The van der Waals surface area contributed by atoms with Crippen LogP contribution in [0.1, 0.15) is 0 Å². The van der Waals surface area contributed by atoms with Crippen LogP contribution in [-0.2, 0) is 0 Å². The summed E-state index contributed by atoms with van der Waals surface area (Å²) in [6.45, 7) is 0. The van der Waals surface area contributed by atoms with E-state index in [-0.39, 0.29) is 11.3 Å². The highest BCUT2D eigenvalue weighted by Gasteiger charge is 2.26. The fourth-order valence-electron chi connectivity index (χ4n) is 3.37. The van der Waals surface area contributed by atoms with Gasteiger partial charge in [0, 0.05) is 22.5 Å². The van der Waals surface area contributed by atoms with Gasteiger partial charge in [-0.2, -0.15) is 0 Å². The zero-order chi connectivity index (χ0) is 21.8. The first-order chi connectivity index (χ1) is 15.6. The summed E-state index contributed by atoms with van der Waals surface area (Å²) in [5.41, 5.74) is 1.45. The van der Waals surface area contributed by atoms with Crippen LogP contribution in [0.3, 0.4) is 0 Å². The maximum atomic E-state index is 12.5. The molecule has 0 bridgehead atoms. The lowest BCUT2D eigenvalue weighted by Gasteiger charge is -2.00. The summed E-state index contributed by atoms with van der Waals surface area (Å²) < 4.78 is 13.1. The summed E-state index contributed by atoms with van der Waals surface area (Å²) in [4.78, 5) is 17.5. The number of imidazole rings is 1. The number of fused-ring (bicyclic) bond motifs is 2. The number of nitrogens with zero attached hydrogens (tertiary/aromatic N) is 5. The van der Waals surface area contributed by atoms with Gasteiger partial charge in [0.05, 0.1) is 22.7 Å². The highest BCUT2D eigenvalue weighted by molar-refractivity contribution is 7.19. The largest absolute Gasteiger partial charge is 0.539 e. The molecule has 0 aliphatic heterocycles. The topological polar surface area (TPSA) is 113 Å². The van der Waals surface area contributed by atoms with Gasteiger partial charge in [0.15, 0.2) is 5.95 Å². The number of benzene rings is 2. The van der Waals surface area contributed by atoms with Crippen molar-refractivity contribution in [1.29, 1.82) is 0 Å². The van der Waals surface area contributed by atoms with Gasteiger partial charge in [0.1, 0.15) is 5.58 Å². The number of para-hydroxylation sites is 1. The number of aromatic nitrogens is 5. The Morgan fingerprint density at radius 1 is 1.12 bits per heavy atom. The highest BCUT2D eigenvalue weighted by atomic mass is 35.5. The van der Waals surface area contributed by atoms with Crippen LogP contribution in [0.2, 0.25) is 5.02 Å². The molecule has 9 nitrogen and oxygen atoms in total. The average Bonchev–Trinajstić information content (AvgIpc) is 3.47. The third-order valence-electron chi connectivity index (χ3n) is 4.83. The Labute approximate surface area is 187 Å². The van der Waals surface area contributed by atoms with Crippen molar-refractivity contribution in [2.24, 2.45) is 0 Å². The van der Waals surface area contributed by atoms with Crippen molar-refractivity contribution < 1.29 is 18.7 Å². The fraction of sp³-hybridized carbons (Fsp3) is 0. The smallest absolute Gasteiger partial charge is 0.345 e. The minimum Gasteiger partial charge on any atom is -0.539 e. The molecule has 0 aliphatic rings. The van der Waals surface area contributed by atoms with E-state index >= 15 is 0 Å². The Balaban J connectivity index is 1.45. The molecular weight excluding hydrogens is 454 g/mol. The molecule has 32 heavy (non-hydrogen) atoms. The Bertz CT molecular complexity index is 1650. The van der Waals surface area contributed by atoms with Crippen LogP contribution in [0, 0.1) is 0 Å². The predicted octanol–water partition coefficient (Wildman–Crippen LogP) is 3.22. The minimum atomic E-state index is -0.613. The fourth-order valence-corrected chi connectivity index (χ4v) is 4.45. The molecule has 4 aromatic heterocycles. The molecule has 2 aromatic carbocycles. The number of halogens is 1. The molecule has 0 fully saturated rings. The minimum absolute atomic E-state index is 0.188. The van der Waals surface area contributed by atoms with Gasteiger partial charge in [-0.15, -0.1) is 5.10 Å². The van der Waals surface area contributed by atoms with Crippen LogP contribution in [0.5, 0.6) is 5.95 Å². The van der Waals surface area contributed by atoms with E-state index < -0.39 is 11.6 Å². The molecule has 0 aliphatic carbocycles. The SMILES string of the molecule is O=c1oc2ccc(Cl)cc2cc1-c1cn2nc(-c3c([O-])on[n+]3-c3ccccc3)sc2n1. The summed E-state index contributed by atoms with van der Waals surface area (Å²) in [5.74, 6) is -0.613. The van der Waals surface area contributed by atoms with E-state index in [0.29, 0.717) is 37.3 Å². The second kappa shape index (κ2) is 7.01. The summed E-state index contributed by atoms with van der Waals surface area (Å²) in [5, 5.41) is 22.2.